The molecule has 4 nitrogen and oxygen atoms in total. The van der Waals surface area contributed by atoms with Gasteiger partial charge in [-0.05, 0) is 26.3 Å². The van der Waals surface area contributed by atoms with Gasteiger partial charge in [0.25, 0.3) is 0 Å². The Balaban J connectivity index is 2.27. The SMILES string of the molecule is CC(C)=CC(=O)N1CCC(c2ccccc2F)S(=O)(=O)CC1. The average molecular weight is 325 g/mol. The number of benzene rings is 1. The minimum Gasteiger partial charge on any atom is -0.338 e. The molecule has 1 heterocycles. The molecule has 1 unspecified atom stereocenters. The van der Waals surface area contributed by atoms with Gasteiger partial charge in [-0.25, -0.2) is 12.8 Å². The number of carbonyl (C=O) groups excluding carboxylic acids is 1. The maximum absolute atomic E-state index is 13.9. The molecule has 0 saturated carbocycles. The highest BCUT2D eigenvalue weighted by Crippen LogP contribution is 2.31. The molecule has 6 heteroatoms. The van der Waals surface area contributed by atoms with Crippen LogP contribution in [-0.4, -0.2) is 38.1 Å². The largest absolute Gasteiger partial charge is 0.338 e. The molecule has 1 atom stereocenters. The second kappa shape index (κ2) is 6.60. The molecule has 0 bridgehead atoms. The highest BCUT2D eigenvalue weighted by atomic mass is 32.2. The molecule has 0 N–H and O–H groups in total. The van der Waals surface area contributed by atoms with Crippen LogP contribution in [0.15, 0.2) is 35.9 Å². The Morgan fingerprint density at radius 1 is 1.27 bits per heavy atom. The van der Waals surface area contributed by atoms with E-state index in [4.69, 9.17) is 0 Å². The fourth-order valence-corrected chi connectivity index (χ4v) is 4.39. The van der Waals surface area contributed by atoms with Crippen molar-refractivity contribution in [3.05, 3.63) is 47.3 Å². The summed E-state index contributed by atoms with van der Waals surface area (Å²) >= 11 is 0. The van der Waals surface area contributed by atoms with E-state index in [1.165, 1.54) is 29.2 Å². The quantitative estimate of drug-likeness (QED) is 0.785. The second-order valence-corrected chi connectivity index (χ2v) is 8.02. The summed E-state index contributed by atoms with van der Waals surface area (Å²) in [6.45, 7) is 4.08. The van der Waals surface area contributed by atoms with E-state index in [0.717, 1.165) is 5.57 Å². The van der Waals surface area contributed by atoms with Gasteiger partial charge >= 0.3 is 0 Å². The summed E-state index contributed by atoms with van der Waals surface area (Å²) in [4.78, 5) is 13.6. The summed E-state index contributed by atoms with van der Waals surface area (Å²) in [6, 6.07) is 5.94. The molecule has 1 aliphatic rings. The first kappa shape index (κ1) is 16.7. The summed E-state index contributed by atoms with van der Waals surface area (Å²) in [5.41, 5.74) is 1.06. The van der Waals surface area contributed by atoms with E-state index in [1.54, 1.807) is 6.07 Å². The van der Waals surface area contributed by atoms with Gasteiger partial charge in [0.15, 0.2) is 9.84 Å². The van der Waals surface area contributed by atoms with Gasteiger partial charge in [0.1, 0.15) is 5.82 Å². The molecule has 1 aliphatic heterocycles. The van der Waals surface area contributed by atoms with Crippen LogP contribution in [0.1, 0.15) is 31.1 Å². The minimum atomic E-state index is -3.49. The third-order valence-corrected chi connectivity index (χ3v) is 5.82. The van der Waals surface area contributed by atoms with Crippen molar-refractivity contribution in [3.63, 3.8) is 0 Å². The number of sulfone groups is 1. The van der Waals surface area contributed by atoms with Crippen molar-refractivity contribution in [2.45, 2.75) is 25.5 Å². The summed E-state index contributed by atoms with van der Waals surface area (Å²) < 4.78 is 38.8. The molecule has 0 aliphatic carbocycles. The van der Waals surface area contributed by atoms with Gasteiger partial charge in [0.05, 0.1) is 11.0 Å². The maximum atomic E-state index is 13.9. The van der Waals surface area contributed by atoms with Crippen molar-refractivity contribution >= 4 is 15.7 Å². The van der Waals surface area contributed by atoms with Gasteiger partial charge in [0, 0.05) is 24.7 Å². The van der Waals surface area contributed by atoms with E-state index in [2.05, 4.69) is 0 Å². The summed E-state index contributed by atoms with van der Waals surface area (Å²) in [6.07, 6.45) is 1.71. The van der Waals surface area contributed by atoms with Crippen molar-refractivity contribution in [2.75, 3.05) is 18.8 Å². The van der Waals surface area contributed by atoms with Crippen LogP contribution in [0.2, 0.25) is 0 Å². The van der Waals surface area contributed by atoms with Gasteiger partial charge < -0.3 is 4.90 Å². The first-order chi connectivity index (χ1) is 10.3. The van der Waals surface area contributed by atoms with E-state index in [1.807, 2.05) is 13.8 Å². The number of hydrogen-bond acceptors (Lipinski definition) is 3. The van der Waals surface area contributed by atoms with Crippen LogP contribution in [0.25, 0.3) is 0 Å². The molecule has 2 rings (SSSR count). The lowest BCUT2D eigenvalue weighted by atomic mass is 10.1. The molecule has 1 aromatic carbocycles. The van der Waals surface area contributed by atoms with Crippen molar-refractivity contribution < 1.29 is 17.6 Å². The van der Waals surface area contributed by atoms with E-state index in [-0.39, 0.29) is 30.2 Å². The van der Waals surface area contributed by atoms with Crippen LogP contribution in [0.5, 0.6) is 0 Å². The number of nitrogens with zero attached hydrogens (tertiary/aromatic N) is 1. The number of allylic oxidation sites excluding steroid dienone is 1. The zero-order chi connectivity index (χ0) is 16.3. The monoisotopic (exact) mass is 325 g/mol. The van der Waals surface area contributed by atoms with Crippen LogP contribution in [0, 0.1) is 5.82 Å². The van der Waals surface area contributed by atoms with Gasteiger partial charge in [-0.1, -0.05) is 23.8 Å². The van der Waals surface area contributed by atoms with Crippen molar-refractivity contribution in [1.29, 1.82) is 0 Å². The normalized spacial score (nSPS) is 21.0. The van der Waals surface area contributed by atoms with Gasteiger partial charge in [0.2, 0.25) is 5.91 Å². The third-order valence-electron chi connectivity index (χ3n) is 3.72. The van der Waals surface area contributed by atoms with E-state index in [9.17, 15) is 17.6 Å². The molecular formula is C16H20FNO3S. The molecule has 120 valence electrons. The van der Waals surface area contributed by atoms with Crippen LogP contribution in [-0.2, 0) is 14.6 Å². The van der Waals surface area contributed by atoms with Gasteiger partial charge in [-0.3, -0.25) is 4.79 Å². The summed E-state index contributed by atoms with van der Waals surface area (Å²) in [5.74, 6) is -0.849. The predicted octanol–water partition coefficient (Wildman–Crippen LogP) is 2.48. The number of carbonyl (C=O) groups is 1. The van der Waals surface area contributed by atoms with Crippen molar-refractivity contribution in [3.8, 4) is 0 Å². The molecule has 0 radical (unpaired) electrons. The number of amides is 1. The fraction of sp³-hybridized carbons (Fsp3) is 0.438. The molecule has 1 saturated heterocycles. The van der Waals surface area contributed by atoms with Crippen LogP contribution in [0.4, 0.5) is 4.39 Å². The molecule has 1 amide bonds. The first-order valence-electron chi connectivity index (χ1n) is 7.21. The van der Waals surface area contributed by atoms with E-state index >= 15 is 0 Å². The zero-order valence-corrected chi connectivity index (χ0v) is 13.6. The molecule has 0 aromatic heterocycles. The zero-order valence-electron chi connectivity index (χ0n) is 12.8. The van der Waals surface area contributed by atoms with Crippen LogP contribution >= 0.6 is 0 Å². The average Bonchev–Trinajstić information content (AvgIpc) is 2.57. The topological polar surface area (TPSA) is 54.5 Å². The maximum Gasteiger partial charge on any atom is 0.246 e. The van der Waals surface area contributed by atoms with Crippen molar-refractivity contribution in [2.24, 2.45) is 0 Å². The molecule has 1 aromatic rings. The van der Waals surface area contributed by atoms with Gasteiger partial charge in [-0.2, -0.15) is 0 Å². The minimum absolute atomic E-state index is 0.145. The van der Waals surface area contributed by atoms with E-state index in [0.29, 0.717) is 6.54 Å². The Kier molecular flexibility index (Phi) is 5.01. The van der Waals surface area contributed by atoms with E-state index < -0.39 is 20.9 Å². The summed E-state index contributed by atoms with van der Waals surface area (Å²) in [7, 11) is -3.49. The highest BCUT2D eigenvalue weighted by molar-refractivity contribution is 7.91. The summed E-state index contributed by atoms with van der Waals surface area (Å²) in [5, 5.41) is -0.891. The highest BCUT2D eigenvalue weighted by Gasteiger charge is 2.33. The Labute approximate surface area is 130 Å². The Bertz CT molecular complexity index is 693. The molecule has 22 heavy (non-hydrogen) atoms. The van der Waals surface area contributed by atoms with Crippen molar-refractivity contribution in [1.82, 2.24) is 4.90 Å². The predicted molar refractivity (Wildman–Crippen MR) is 83.6 cm³/mol. The Morgan fingerprint density at radius 3 is 2.59 bits per heavy atom. The lowest BCUT2D eigenvalue weighted by molar-refractivity contribution is -0.125. The lowest BCUT2D eigenvalue weighted by Gasteiger charge is -2.18. The third kappa shape index (κ3) is 3.74. The number of rotatable bonds is 2. The molecule has 1 fully saturated rings. The fourth-order valence-electron chi connectivity index (χ4n) is 2.59. The van der Waals surface area contributed by atoms with Gasteiger partial charge in [-0.15, -0.1) is 0 Å². The first-order valence-corrected chi connectivity index (χ1v) is 8.92. The molecule has 0 spiro atoms. The standard InChI is InChI=1S/C16H20FNO3S/c1-12(2)11-16(19)18-8-7-15(22(20,21)10-9-18)13-5-3-4-6-14(13)17/h3-6,11,15H,7-10H2,1-2H3. The number of hydrogen-bond donors (Lipinski definition) is 0. The van der Waals surface area contributed by atoms with Crippen LogP contribution in [0.3, 0.4) is 0 Å². The smallest absolute Gasteiger partial charge is 0.246 e. The molecular weight excluding hydrogens is 305 g/mol. The number of halogens is 1. The second-order valence-electron chi connectivity index (χ2n) is 5.71. The Morgan fingerprint density at radius 2 is 1.95 bits per heavy atom. The van der Waals surface area contributed by atoms with Crippen LogP contribution < -0.4 is 0 Å². The lowest BCUT2D eigenvalue weighted by Crippen LogP contribution is -2.32. The Hall–Kier alpha value is -1.69.